The number of amides is 1. The molecule has 1 aromatic rings. The molecule has 1 N–H and O–H groups in total. The average molecular weight is 243 g/mol. The zero-order valence-corrected chi connectivity index (χ0v) is 10.7. The molecule has 0 radical (unpaired) electrons. The van der Waals surface area contributed by atoms with Gasteiger partial charge in [-0.15, -0.1) is 0 Å². The maximum atomic E-state index is 12.3. The van der Waals surface area contributed by atoms with Gasteiger partial charge in [-0.1, -0.05) is 44.5 Å². The molecule has 0 fully saturated rings. The molecule has 3 nitrogen and oxygen atoms in total. The molecule has 0 bridgehead atoms. The average Bonchev–Trinajstić information content (AvgIpc) is 2.65. The Morgan fingerprint density at radius 3 is 2.44 bits per heavy atom. The van der Waals surface area contributed by atoms with Gasteiger partial charge in [0.05, 0.1) is 5.70 Å². The molecule has 0 aromatic heterocycles. The summed E-state index contributed by atoms with van der Waals surface area (Å²) < 4.78 is 0. The molecule has 0 atom stereocenters. The maximum absolute atomic E-state index is 12.3. The fourth-order valence-electron chi connectivity index (χ4n) is 2.22. The Labute approximate surface area is 107 Å². The van der Waals surface area contributed by atoms with Crippen LogP contribution in [-0.4, -0.2) is 11.7 Å². The van der Waals surface area contributed by atoms with Gasteiger partial charge in [-0.2, -0.15) is 0 Å². The first kappa shape index (κ1) is 12.6. The van der Waals surface area contributed by atoms with Gasteiger partial charge in [0.1, 0.15) is 0 Å². The summed E-state index contributed by atoms with van der Waals surface area (Å²) in [6.45, 7) is 3.85. The van der Waals surface area contributed by atoms with Gasteiger partial charge in [0.25, 0.3) is 0 Å². The highest BCUT2D eigenvalue weighted by atomic mass is 16.2. The number of ketones is 1. The second-order valence-electron chi connectivity index (χ2n) is 4.38. The topological polar surface area (TPSA) is 46.2 Å². The number of carbonyl (C=O) groups is 2. The summed E-state index contributed by atoms with van der Waals surface area (Å²) in [5.41, 5.74) is 3.12. The number of hydrogen-bond donors (Lipinski definition) is 1. The van der Waals surface area contributed by atoms with Crippen molar-refractivity contribution in [2.75, 3.05) is 0 Å². The van der Waals surface area contributed by atoms with E-state index in [0.717, 1.165) is 24.0 Å². The van der Waals surface area contributed by atoms with Gasteiger partial charge in [-0.3, -0.25) is 9.59 Å². The summed E-state index contributed by atoms with van der Waals surface area (Å²) in [4.78, 5) is 23.8. The molecule has 94 valence electrons. The molecule has 0 aliphatic heterocycles. The van der Waals surface area contributed by atoms with Crippen LogP contribution in [-0.2, 0) is 4.79 Å². The highest BCUT2D eigenvalue weighted by Gasteiger charge is 2.29. The third-order valence-corrected chi connectivity index (χ3v) is 3.11. The lowest BCUT2D eigenvalue weighted by Gasteiger charge is -2.07. The van der Waals surface area contributed by atoms with Gasteiger partial charge in [0.15, 0.2) is 0 Å². The van der Waals surface area contributed by atoms with E-state index in [2.05, 4.69) is 12.2 Å². The molecule has 1 aliphatic rings. The first-order valence-corrected chi connectivity index (χ1v) is 6.36. The van der Waals surface area contributed by atoms with Crippen molar-refractivity contribution in [3.63, 3.8) is 0 Å². The lowest BCUT2D eigenvalue weighted by Crippen LogP contribution is -2.25. The van der Waals surface area contributed by atoms with Crippen LogP contribution < -0.4 is 5.32 Å². The van der Waals surface area contributed by atoms with Gasteiger partial charge in [-0.25, -0.2) is 0 Å². The molecular weight excluding hydrogens is 226 g/mol. The Kier molecular flexibility index (Phi) is 3.60. The lowest BCUT2D eigenvalue weighted by atomic mass is 10.0. The number of benzene rings is 1. The Bertz CT molecular complexity index is 529. The van der Waals surface area contributed by atoms with Crippen molar-refractivity contribution < 1.29 is 9.59 Å². The SMILES string of the molecule is CCCC1=C(NC(=O)CC)C(=O)c2ccccc21. The normalized spacial score (nSPS) is 13.8. The predicted molar refractivity (Wildman–Crippen MR) is 71.0 cm³/mol. The van der Waals surface area contributed by atoms with Crippen molar-refractivity contribution in [2.45, 2.75) is 33.1 Å². The minimum Gasteiger partial charge on any atom is -0.323 e. The largest absolute Gasteiger partial charge is 0.323 e. The molecule has 3 heteroatoms. The molecule has 0 unspecified atom stereocenters. The zero-order valence-electron chi connectivity index (χ0n) is 10.7. The van der Waals surface area contributed by atoms with E-state index in [1.165, 1.54) is 0 Å². The highest BCUT2D eigenvalue weighted by Crippen LogP contribution is 2.34. The first-order chi connectivity index (χ1) is 8.69. The van der Waals surface area contributed by atoms with Crippen molar-refractivity contribution in [1.29, 1.82) is 0 Å². The third kappa shape index (κ3) is 2.08. The van der Waals surface area contributed by atoms with Crippen LogP contribution in [0.5, 0.6) is 0 Å². The lowest BCUT2D eigenvalue weighted by molar-refractivity contribution is -0.120. The second kappa shape index (κ2) is 5.17. The van der Waals surface area contributed by atoms with Gasteiger partial charge in [0.2, 0.25) is 11.7 Å². The molecule has 0 spiro atoms. The molecule has 18 heavy (non-hydrogen) atoms. The van der Waals surface area contributed by atoms with Gasteiger partial charge >= 0.3 is 0 Å². The molecular formula is C15H17NO2. The standard InChI is InChI=1S/C15H17NO2/c1-3-7-11-10-8-5-6-9-12(10)15(18)14(11)16-13(17)4-2/h5-6,8-9H,3-4,7H2,1-2H3,(H,16,17,18). The molecule has 1 aliphatic carbocycles. The van der Waals surface area contributed by atoms with Crippen LogP contribution >= 0.6 is 0 Å². The van der Waals surface area contributed by atoms with E-state index in [4.69, 9.17) is 0 Å². The van der Waals surface area contributed by atoms with E-state index in [0.29, 0.717) is 17.7 Å². The third-order valence-electron chi connectivity index (χ3n) is 3.11. The smallest absolute Gasteiger partial charge is 0.224 e. The van der Waals surface area contributed by atoms with E-state index in [-0.39, 0.29) is 11.7 Å². The van der Waals surface area contributed by atoms with Crippen LogP contribution in [0.3, 0.4) is 0 Å². The first-order valence-electron chi connectivity index (χ1n) is 6.36. The molecule has 0 saturated carbocycles. The van der Waals surface area contributed by atoms with E-state index >= 15 is 0 Å². The van der Waals surface area contributed by atoms with Crippen molar-refractivity contribution in [2.24, 2.45) is 0 Å². The summed E-state index contributed by atoms with van der Waals surface area (Å²) in [6.07, 6.45) is 2.14. The number of allylic oxidation sites excluding steroid dienone is 2. The van der Waals surface area contributed by atoms with E-state index in [1.807, 2.05) is 24.3 Å². The molecule has 1 amide bonds. The Morgan fingerprint density at radius 1 is 1.17 bits per heavy atom. The van der Waals surface area contributed by atoms with Crippen molar-refractivity contribution >= 4 is 17.3 Å². The van der Waals surface area contributed by atoms with Crippen LogP contribution in [0.2, 0.25) is 0 Å². The molecule has 1 aromatic carbocycles. The number of hydrogen-bond acceptors (Lipinski definition) is 2. The van der Waals surface area contributed by atoms with Gasteiger partial charge in [0, 0.05) is 12.0 Å². The fourth-order valence-corrected chi connectivity index (χ4v) is 2.22. The van der Waals surface area contributed by atoms with Crippen LogP contribution in [0, 0.1) is 0 Å². The second-order valence-corrected chi connectivity index (χ2v) is 4.38. The van der Waals surface area contributed by atoms with Crippen molar-refractivity contribution in [3.05, 3.63) is 41.1 Å². The van der Waals surface area contributed by atoms with Gasteiger partial charge < -0.3 is 5.32 Å². The van der Waals surface area contributed by atoms with Crippen LogP contribution in [0.1, 0.15) is 49.0 Å². The maximum Gasteiger partial charge on any atom is 0.224 e. The van der Waals surface area contributed by atoms with Crippen LogP contribution in [0.15, 0.2) is 30.0 Å². The summed E-state index contributed by atoms with van der Waals surface area (Å²) in [6, 6.07) is 7.54. The quantitative estimate of drug-likeness (QED) is 0.883. The highest BCUT2D eigenvalue weighted by molar-refractivity contribution is 6.21. The number of nitrogens with one attached hydrogen (secondary N) is 1. The summed E-state index contributed by atoms with van der Waals surface area (Å²) >= 11 is 0. The van der Waals surface area contributed by atoms with E-state index < -0.39 is 0 Å². The van der Waals surface area contributed by atoms with Crippen LogP contribution in [0.25, 0.3) is 5.57 Å². The monoisotopic (exact) mass is 243 g/mol. The molecule has 2 rings (SSSR count). The van der Waals surface area contributed by atoms with E-state index in [9.17, 15) is 9.59 Å². The Hall–Kier alpha value is -1.90. The fraction of sp³-hybridized carbons (Fsp3) is 0.333. The Morgan fingerprint density at radius 2 is 1.83 bits per heavy atom. The summed E-state index contributed by atoms with van der Waals surface area (Å²) in [7, 11) is 0. The number of fused-ring (bicyclic) bond motifs is 1. The number of carbonyl (C=O) groups excluding carboxylic acids is 2. The predicted octanol–water partition coefficient (Wildman–Crippen LogP) is 2.92. The molecule has 0 heterocycles. The van der Waals surface area contributed by atoms with Crippen LogP contribution in [0.4, 0.5) is 0 Å². The van der Waals surface area contributed by atoms with Crippen molar-refractivity contribution in [3.8, 4) is 0 Å². The number of Topliss-reactive ketones (excluding diaryl/α,β-unsaturated/α-hetero) is 1. The molecule has 0 saturated heterocycles. The summed E-state index contributed by atoms with van der Waals surface area (Å²) in [5.74, 6) is -0.171. The Balaban J connectivity index is 2.44. The summed E-state index contributed by atoms with van der Waals surface area (Å²) in [5, 5.41) is 2.75. The van der Waals surface area contributed by atoms with Gasteiger partial charge in [-0.05, 0) is 17.6 Å². The van der Waals surface area contributed by atoms with E-state index in [1.54, 1.807) is 6.92 Å². The minimum absolute atomic E-state index is 0.0594. The van der Waals surface area contributed by atoms with Crippen molar-refractivity contribution in [1.82, 2.24) is 5.32 Å². The number of rotatable bonds is 4. The minimum atomic E-state index is -0.111. The zero-order chi connectivity index (χ0) is 13.1.